The van der Waals surface area contributed by atoms with Gasteiger partial charge in [-0.1, -0.05) is 6.92 Å². The number of aliphatic hydroxyl groups is 1. The minimum absolute atomic E-state index is 0.218. The Bertz CT molecular complexity index is 143. The molecule has 0 heterocycles. The molecule has 0 aliphatic carbocycles. The van der Waals surface area contributed by atoms with Gasteiger partial charge >= 0.3 is 0 Å². The highest BCUT2D eigenvalue weighted by Gasteiger charge is 2.14. The lowest BCUT2D eigenvalue weighted by molar-refractivity contribution is 0.0180. The van der Waals surface area contributed by atoms with Gasteiger partial charge in [0.25, 0.3) is 0 Å². The largest absolute Gasteiger partial charge is 0.396 e. The highest BCUT2D eigenvalue weighted by Crippen LogP contribution is 2.09. The molecule has 0 radical (unpaired) electrons. The first-order valence-electron chi connectivity index (χ1n) is 5.62. The number of rotatable bonds is 9. The summed E-state index contributed by atoms with van der Waals surface area (Å²) in [6.45, 7) is 4.79. The summed E-state index contributed by atoms with van der Waals surface area (Å²) < 4.78 is 5.75. The van der Waals surface area contributed by atoms with Gasteiger partial charge in [-0.05, 0) is 33.5 Å². The summed E-state index contributed by atoms with van der Waals surface area (Å²) in [6, 6.07) is 0. The van der Waals surface area contributed by atoms with E-state index in [1.807, 2.05) is 28.1 Å². The normalized spacial score (nSPS) is 15.6. The summed E-state index contributed by atoms with van der Waals surface area (Å²) in [5.74, 6) is 0.310. The van der Waals surface area contributed by atoms with Crippen molar-refractivity contribution in [1.29, 1.82) is 0 Å². The first kappa shape index (κ1) is 14.8. The number of nitrogens with zero attached hydrogens (tertiary/aromatic N) is 1. The number of ether oxygens (including phenoxy) is 1. The number of aliphatic hydroxyl groups excluding tert-OH is 1. The molecule has 2 atom stereocenters. The summed E-state index contributed by atoms with van der Waals surface area (Å²) in [5, 5.41) is 12.1. The van der Waals surface area contributed by atoms with Gasteiger partial charge in [-0.3, -0.25) is 0 Å². The van der Waals surface area contributed by atoms with Crippen molar-refractivity contribution in [2.45, 2.75) is 19.4 Å². The van der Waals surface area contributed by atoms with Crippen LogP contribution in [0.3, 0.4) is 0 Å². The van der Waals surface area contributed by atoms with Gasteiger partial charge in [0, 0.05) is 19.7 Å². The van der Waals surface area contributed by atoms with Gasteiger partial charge in [0.15, 0.2) is 0 Å². The Kier molecular flexibility index (Phi) is 9.00. The van der Waals surface area contributed by atoms with Crippen molar-refractivity contribution in [1.82, 2.24) is 10.2 Å². The third-order valence-corrected chi connectivity index (χ3v) is 2.25. The summed E-state index contributed by atoms with van der Waals surface area (Å²) in [4.78, 5) is 2.12. The van der Waals surface area contributed by atoms with Crippen LogP contribution in [-0.2, 0) is 4.74 Å². The zero-order chi connectivity index (χ0) is 11.7. The third kappa shape index (κ3) is 8.81. The predicted octanol–water partition coefficient (Wildman–Crippen LogP) is 0.171. The van der Waals surface area contributed by atoms with Gasteiger partial charge in [0.05, 0.1) is 12.7 Å². The highest BCUT2D eigenvalue weighted by molar-refractivity contribution is 4.65. The number of likely N-dealkylation sites (N-methyl/N-ethyl adjacent to an activating group) is 2. The molecule has 2 N–H and O–H groups in total. The molecule has 0 spiro atoms. The topological polar surface area (TPSA) is 44.7 Å². The minimum atomic E-state index is 0.218. The number of nitrogens with one attached hydrogen (secondary N) is 1. The van der Waals surface area contributed by atoms with E-state index in [9.17, 15) is 0 Å². The van der Waals surface area contributed by atoms with E-state index in [-0.39, 0.29) is 12.7 Å². The zero-order valence-electron chi connectivity index (χ0n) is 10.5. The van der Waals surface area contributed by atoms with Gasteiger partial charge in [-0.25, -0.2) is 0 Å². The second-order valence-electron chi connectivity index (χ2n) is 4.38. The quantitative estimate of drug-likeness (QED) is 0.542. The van der Waals surface area contributed by atoms with Crippen molar-refractivity contribution in [2.24, 2.45) is 5.92 Å². The lowest BCUT2D eigenvalue weighted by atomic mass is 10.0. The van der Waals surface area contributed by atoms with Crippen molar-refractivity contribution < 1.29 is 9.84 Å². The Morgan fingerprint density at radius 1 is 1.40 bits per heavy atom. The van der Waals surface area contributed by atoms with Gasteiger partial charge in [-0.15, -0.1) is 0 Å². The van der Waals surface area contributed by atoms with E-state index < -0.39 is 0 Å². The maximum Gasteiger partial charge on any atom is 0.0705 e. The van der Waals surface area contributed by atoms with E-state index >= 15 is 0 Å². The molecule has 4 heteroatoms. The fraction of sp³-hybridized carbons (Fsp3) is 1.00. The minimum Gasteiger partial charge on any atom is -0.396 e. The lowest BCUT2D eigenvalue weighted by Crippen LogP contribution is -2.32. The van der Waals surface area contributed by atoms with E-state index in [2.05, 4.69) is 10.2 Å². The van der Waals surface area contributed by atoms with E-state index in [1.54, 1.807) is 0 Å². The molecule has 0 aromatic carbocycles. The average molecular weight is 218 g/mol. The molecule has 0 saturated carbocycles. The summed E-state index contributed by atoms with van der Waals surface area (Å²) in [6.07, 6.45) is 1.13. The zero-order valence-corrected chi connectivity index (χ0v) is 10.5. The SMILES string of the molecule is CNCCOC(CC(C)CO)CN(C)C. The molecule has 0 rings (SSSR count). The van der Waals surface area contributed by atoms with Crippen LogP contribution in [0.1, 0.15) is 13.3 Å². The lowest BCUT2D eigenvalue weighted by Gasteiger charge is -2.23. The fourth-order valence-corrected chi connectivity index (χ4v) is 1.45. The van der Waals surface area contributed by atoms with E-state index in [4.69, 9.17) is 9.84 Å². The summed E-state index contributed by atoms with van der Waals surface area (Å²) >= 11 is 0. The predicted molar refractivity (Wildman–Crippen MR) is 63.1 cm³/mol. The molecule has 15 heavy (non-hydrogen) atoms. The van der Waals surface area contributed by atoms with Gasteiger partial charge < -0.3 is 20.1 Å². The van der Waals surface area contributed by atoms with Crippen molar-refractivity contribution in [3.63, 3.8) is 0 Å². The smallest absolute Gasteiger partial charge is 0.0705 e. The molecular weight excluding hydrogens is 192 g/mol. The van der Waals surface area contributed by atoms with Crippen LogP contribution in [0.5, 0.6) is 0 Å². The Hall–Kier alpha value is -0.160. The molecule has 0 aromatic rings. The third-order valence-electron chi connectivity index (χ3n) is 2.25. The number of hydrogen-bond donors (Lipinski definition) is 2. The molecule has 0 saturated heterocycles. The highest BCUT2D eigenvalue weighted by atomic mass is 16.5. The Morgan fingerprint density at radius 2 is 2.07 bits per heavy atom. The molecule has 92 valence electrons. The molecule has 0 fully saturated rings. The second kappa shape index (κ2) is 9.09. The van der Waals surface area contributed by atoms with Crippen LogP contribution in [0.25, 0.3) is 0 Å². The van der Waals surface area contributed by atoms with Crippen LogP contribution >= 0.6 is 0 Å². The van der Waals surface area contributed by atoms with Crippen molar-refractivity contribution in [3.05, 3.63) is 0 Å². The molecular formula is C11H26N2O2. The van der Waals surface area contributed by atoms with Crippen molar-refractivity contribution in [3.8, 4) is 0 Å². The van der Waals surface area contributed by atoms with Gasteiger partial charge in [-0.2, -0.15) is 0 Å². The summed E-state index contributed by atoms with van der Waals surface area (Å²) in [7, 11) is 6.00. The van der Waals surface area contributed by atoms with Crippen LogP contribution in [0.2, 0.25) is 0 Å². The number of hydrogen-bond acceptors (Lipinski definition) is 4. The Labute approximate surface area is 93.6 Å². The molecule has 0 bridgehead atoms. The monoisotopic (exact) mass is 218 g/mol. The second-order valence-corrected chi connectivity index (χ2v) is 4.38. The first-order chi connectivity index (χ1) is 7.10. The van der Waals surface area contributed by atoms with E-state index in [0.29, 0.717) is 5.92 Å². The fourth-order valence-electron chi connectivity index (χ4n) is 1.45. The molecule has 2 unspecified atom stereocenters. The van der Waals surface area contributed by atoms with Crippen LogP contribution in [-0.4, -0.2) is 63.6 Å². The van der Waals surface area contributed by atoms with Gasteiger partial charge in [0.1, 0.15) is 0 Å². The maximum atomic E-state index is 9.01. The molecule has 0 aromatic heterocycles. The maximum absolute atomic E-state index is 9.01. The van der Waals surface area contributed by atoms with Crippen LogP contribution in [0, 0.1) is 5.92 Å². The molecule has 0 aliphatic heterocycles. The van der Waals surface area contributed by atoms with Gasteiger partial charge in [0.2, 0.25) is 0 Å². The van der Waals surface area contributed by atoms with Crippen molar-refractivity contribution >= 4 is 0 Å². The Balaban J connectivity index is 3.83. The van der Waals surface area contributed by atoms with Crippen molar-refractivity contribution in [2.75, 3.05) is 47.4 Å². The van der Waals surface area contributed by atoms with Crippen LogP contribution in [0.4, 0.5) is 0 Å². The Morgan fingerprint density at radius 3 is 2.53 bits per heavy atom. The molecule has 0 aliphatic rings. The van der Waals surface area contributed by atoms with Crippen LogP contribution < -0.4 is 5.32 Å². The average Bonchev–Trinajstić information content (AvgIpc) is 2.17. The summed E-state index contributed by atoms with van der Waals surface area (Å²) in [5.41, 5.74) is 0. The van der Waals surface area contributed by atoms with E-state index in [0.717, 1.165) is 26.1 Å². The van der Waals surface area contributed by atoms with E-state index in [1.165, 1.54) is 0 Å². The standard InChI is InChI=1S/C11H26N2O2/c1-10(9-14)7-11(8-13(3)4)15-6-5-12-2/h10-12,14H,5-9H2,1-4H3. The molecule has 0 amide bonds. The van der Waals surface area contributed by atoms with Crippen LogP contribution in [0.15, 0.2) is 0 Å². The molecule has 4 nitrogen and oxygen atoms in total. The first-order valence-corrected chi connectivity index (χ1v) is 5.62.